The Morgan fingerprint density at radius 1 is 1.11 bits per heavy atom. The van der Waals surface area contributed by atoms with Crippen LogP contribution in [-0.2, 0) is 6.18 Å². The van der Waals surface area contributed by atoms with Gasteiger partial charge in [-0.05, 0) is 49.6 Å². The lowest BCUT2D eigenvalue weighted by Crippen LogP contribution is -2.08. The second-order valence-electron chi connectivity index (χ2n) is 5.44. The number of halogens is 4. The Labute approximate surface area is 157 Å². The van der Waals surface area contributed by atoms with Gasteiger partial charge in [-0.1, -0.05) is 0 Å². The van der Waals surface area contributed by atoms with Crippen LogP contribution in [0.15, 0.2) is 47.4 Å². The fourth-order valence-corrected chi connectivity index (χ4v) is 2.91. The van der Waals surface area contributed by atoms with Crippen LogP contribution in [0.4, 0.5) is 17.6 Å². The first-order valence-electron chi connectivity index (χ1n) is 7.95. The lowest BCUT2D eigenvalue weighted by atomic mass is 10.2. The number of benzene rings is 2. The predicted octanol–water partition coefficient (Wildman–Crippen LogP) is 5.21. The van der Waals surface area contributed by atoms with E-state index in [1.807, 2.05) is 6.92 Å². The summed E-state index contributed by atoms with van der Waals surface area (Å²) in [5.41, 5.74) is 0.549. The first-order valence-corrected chi connectivity index (χ1v) is 9.17. The summed E-state index contributed by atoms with van der Waals surface area (Å²) in [7, 11) is 0. The number of thioether (sulfide) groups is 1. The molecule has 27 heavy (non-hydrogen) atoms. The lowest BCUT2D eigenvalue weighted by Gasteiger charge is -2.08. The highest BCUT2D eigenvalue weighted by Gasteiger charge is 2.37. The van der Waals surface area contributed by atoms with Crippen LogP contribution in [0, 0.1) is 5.82 Å². The van der Waals surface area contributed by atoms with Crippen molar-refractivity contribution in [1.82, 2.24) is 14.8 Å². The quantitative estimate of drug-likeness (QED) is 0.438. The second-order valence-corrected chi connectivity index (χ2v) is 6.29. The monoisotopic (exact) mass is 397 g/mol. The standard InChI is InChI=1S/C18H15F4N3OS/c1-3-26-13-7-4-11(5-8-13)16-23-17(18(20,21)22)24-25(16)12-6-9-15(27-2)14(19)10-12/h4-10H,3H2,1-2H3. The van der Waals surface area contributed by atoms with Crippen molar-refractivity contribution in [3.8, 4) is 22.8 Å². The Morgan fingerprint density at radius 2 is 1.81 bits per heavy atom. The topological polar surface area (TPSA) is 39.9 Å². The largest absolute Gasteiger partial charge is 0.494 e. The van der Waals surface area contributed by atoms with Crippen LogP contribution >= 0.6 is 11.8 Å². The molecule has 0 unspecified atom stereocenters. The molecule has 0 aliphatic heterocycles. The van der Waals surface area contributed by atoms with Crippen molar-refractivity contribution in [3.63, 3.8) is 0 Å². The summed E-state index contributed by atoms with van der Waals surface area (Å²) in [5.74, 6) is -1.29. The van der Waals surface area contributed by atoms with Crippen LogP contribution in [0.2, 0.25) is 0 Å². The van der Waals surface area contributed by atoms with Gasteiger partial charge in [0, 0.05) is 16.5 Å². The molecule has 0 amide bonds. The molecule has 3 rings (SSSR count). The van der Waals surface area contributed by atoms with Gasteiger partial charge in [-0.15, -0.1) is 16.9 Å². The summed E-state index contributed by atoms with van der Waals surface area (Å²) in [6, 6.07) is 10.5. The molecule has 142 valence electrons. The number of aromatic nitrogens is 3. The van der Waals surface area contributed by atoms with Gasteiger partial charge in [-0.2, -0.15) is 13.2 Å². The SMILES string of the molecule is CCOc1ccc(-c2nc(C(F)(F)F)nn2-c2ccc(SC)c(F)c2)cc1. The molecule has 3 aromatic rings. The Morgan fingerprint density at radius 3 is 2.37 bits per heavy atom. The molecule has 1 aromatic heterocycles. The van der Waals surface area contributed by atoms with Crippen LogP contribution in [0.3, 0.4) is 0 Å². The Balaban J connectivity index is 2.12. The zero-order valence-electron chi connectivity index (χ0n) is 14.4. The van der Waals surface area contributed by atoms with Crippen LogP contribution in [0.25, 0.3) is 17.1 Å². The van der Waals surface area contributed by atoms with E-state index in [4.69, 9.17) is 4.74 Å². The van der Waals surface area contributed by atoms with E-state index in [1.165, 1.54) is 23.9 Å². The van der Waals surface area contributed by atoms with Crippen LogP contribution in [-0.4, -0.2) is 27.6 Å². The summed E-state index contributed by atoms with van der Waals surface area (Å²) in [4.78, 5) is 4.02. The zero-order valence-corrected chi connectivity index (χ0v) is 15.2. The van der Waals surface area contributed by atoms with E-state index in [0.717, 1.165) is 10.7 Å². The number of nitrogens with zero attached hydrogens (tertiary/aromatic N) is 3. The lowest BCUT2D eigenvalue weighted by molar-refractivity contribution is -0.144. The molecule has 0 radical (unpaired) electrons. The molecule has 2 aromatic carbocycles. The van der Waals surface area contributed by atoms with E-state index in [-0.39, 0.29) is 11.5 Å². The molecule has 0 spiro atoms. The normalized spacial score (nSPS) is 11.6. The van der Waals surface area contributed by atoms with Crippen molar-refractivity contribution >= 4 is 11.8 Å². The van der Waals surface area contributed by atoms with E-state index in [9.17, 15) is 17.6 Å². The van der Waals surface area contributed by atoms with Gasteiger partial charge in [-0.3, -0.25) is 0 Å². The van der Waals surface area contributed by atoms with Gasteiger partial charge < -0.3 is 4.74 Å². The van der Waals surface area contributed by atoms with Gasteiger partial charge in [-0.25, -0.2) is 14.1 Å². The van der Waals surface area contributed by atoms with Crippen molar-refractivity contribution in [2.75, 3.05) is 12.9 Å². The smallest absolute Gasteiger partial charge is 0.453 e. The van der Waals surface area contributed by atoms with E-state index >= 15 is 0 Å². The summed E-state index contributed by atoms with van der Waals surface area (Å²) >= 11 is 1.20. The number of hydrogen-bond donors (Lipinski definition) is 0. The summed E-state index contributed by atoms with van der Waals surface area (Å²) in [5, 5.41) is 3.56. The van der Waals surface area contributed by atoms with Crippen LogP contribution in [0.1, 0.15) is 12.7 Å². The minimum Gasteiger partial charge on any atom is -0.494 e. The third-order valence-electron chi connectivity index (χ3n) is 3.66. The van der Waals surface area contributed by atoms with Gasteiger partial charge in [0.05, 0.1) is 12.3 Å². The highest BCUT2D eigenvalue weighted by Crippen LogP contribution is 2.31. The van der Waals surface area contributed by atoms with Gasteiger partial charge in [0.25, 0.3) is 5.82 Å². The summed E-state index contributed by atoms with van der Waals surface area (Å²) in [6.45, 7) is 2.29. The third kappa shape index (κ3) is 4.08. The molecule has 0 N–H and O–H groups in total. The Kier molecular flexibility index (Phi) is 5.41. The average molecular weight is 397 g/mol. The second kappa shape index (κ2) is 7.59. The maximum Gasteiger partial charge on any atom is 0.453 e. The van der Waals surface area contributed by atoms with Crippen LogP contribution < -0.4 is 4.74 Å². The first kappa shape index (κ1) is 19.2. The highest BCUT2D eigenvalue weighted by molar-refractivity contribution is 7.98. The molecular weight excluding hydrogens is 382 g/mol. The van der Waals surface area contributed by atoms with E-state index < -0.39 is 17.8 Å². The first-order chi connectivity index (χ1) is 12.8. The molecule has 4 nitrogen and oxygen atoms in total. The minimum atomic E-state index is -4.72. The number of alkyl halides is 3. The Hall–Kier alpha value is -2.55. The van der Waals surface area contributed by atoms with Crippen molar-refractivity contribution in [3.05, 3.63) is 54.1 Å². The van der Waals surface area contributed by atoms with Crippen molar-refractivity contribution < 1.29 is 22.3 Å². The molecule has 0 saturated carbocycles. The maximum atomic E-state index is 14.1. The molecule has 0 aliphatic rings. The maximum absolute atomic E-state index is 14.1. The minimum absolute atomic E-state index is 0.0401. The number of hydrogen-bond acceptors (Lipinski definition) is 4. The molecule has 0 bridgehead atoms. The molecule has 0 atom stereocenters. The number of ether oxygens (including phenoxy) is 1. The van der Waals surface area contributed by atoms with Gasteiger partial charge in [0.2, 0.25) is 0 Å². The van der Waals surface area contributed by atoms with E-state index in [2.05, 4.69) is 10.1 Å². The van der Waals surface area contributed by atoms with E-state index in [1.54, 1.807) is 30.5 Å². The Bertz CT molecular complexity index is 939. The zero-order chi connectivity index (χ0) is 19.6. The third-order valence-corrected chi connectivity index (χ3v) is 4.44. The fraction of sp³-hybridized carbons (Fsp3) is 0.222. The molecule has 0 saturated heterocycles. The molecular formula is C18H15F4N3OS. The predicted molar refractivity (Wildman–Crippen MR) is 94.7 cm³/mol. The molecule has 0 aliphatic carbocycles. The fourth-order valence-electron chi connectivity index (χ4n) is 2.45. The van der Waals surface area contributed by atoms with Gasteiger partial charge in [0.15, 0.2) is 5.82 Å². The molecule has 0 fully saturated rings. The highest BCUT2D eigenvalue weighted by atomic mass is 32.2. The van der Waals surface area contributed by atoms with Gasteiger partial charge >= 0.3 is 6.18 Å². The molecule has 9 heteroatoms. The van der Waals surface area contributed by atoms with Crippen molar-refractivity contribution in [2.24, 2.45) is 0 Å². The molecule has 1 heterocycles. The summed E-state index contributed by atoms with van der Waals surface area (Å²) < 4.78 is 59.9. The van der Waals surface area contributed by atoms with Crippen LogP contribution in [0.5, 0.6) is 5.75 Å². The average Bonchev–Trinajstić information content (AvgIpc) is 3.08. The van der Waals surface area contributed by atoms with Crippen molar-refractivity contribution in [2.45, 2.75) is 18.0 Å². The van der Waals surface area contributed by atoms with E-state index in [0.29, 0.717) is 22.8 Å². The summed E-state index contributed by atoms with van der Waals surface area (Å²) in [6.07, 6.45) is -3.01. The van der Waals surface area contributed by atoms with Crippen molar-refractivity contribution in [1.29, 1.82) is 0 Å². The number of rotatable bonds is 5. The van der Waals surface area contributed by atoms with Gasteiger partial charge in [0.1, 0.15) is 11.6 Å².